The van der Waals surface area contributed by atoms with Crippen molar-refractivity contribution in [1.29, 1.82) is 0 Å². The maximum Gasteiger partial charge on any atom is 0.163 e. The largest absolute Gasteiger partial charge is 0.348 e. The molecule has 0 radical (unpaired) electrons. The van der Waals surface area contributed by atoms with Crippen molar-refractivity contribution >= 4 is 0 Å². The molecule has 0 aliphatic carbocycles. The normalized spacial score (nSPS) is 29.7. The molecule has 0 saturated carbocycles. The fraction of sp³-hybridized carbons (Fsp3) is 1.00. The molecule has 1 fully saturated rings. The van der Waals surface area contributed by atoms with Crippen molar-refractivity contribution < 1.29 is 9.47 Å². The molecule has 66 valence electrons. The van der Waals surface area contributed by atoms with Crippen LogP contribution in [0.2, 0.25) is 0 Å². The first-order valence-corrected chi connectivity index (χ1v) is 3.96. The highest BCUT2D eigenvalue weighted by Gasteiger charge is 2.32. The average Bonchev–Trinajstić information content (AvgIpc) is 2.08. The van der Waals surface area contributed by atoms with Gasteiger partial charge in [-0.05, 0) is 27.9 Å². The van der Waals surface area contributed by atoms with Crippen molar-refractivity contribution in [2.45, 2.75) is 25.7 Å². The van der Waals surface area contributed by atoms with Crippen LogP contribution in [0.5, 0.6) is 0 Å². The Hall–Kier alpha value is -0.120. The van der Waals surface area contributed by atoms with Crippen molar-refractivity contribution in [3.05, 3.63) is 0 Å². The Bertz CT molecular complexity index is 134. The second-order valence-corrected chi connectivity index (χ2v) is 3.71. The molecule has 1 saturated heterocycles. The van der Waals surface area contributed by atoms with Crippen molar-refractivity contribution in [1.82, 2.24) is 4.90 Å². The van der Waals surface area contributed by atoms with Gasteiger partial charge in [-0.25, -0.2) is 0 Å². The summed E-state index contributed by atoms with van der Waals surface area (Å²) in [4.78, 5) is 2.11. The Morgan fingerprint density at radius 3 is 2.45 bits per heavy atom. The highest BCUT2D eigenvalue weighted by Crippen LogP contribution is 2.22. The van der Waals surface area contributed by atoms with Gasteiger partial charge < -0.3 is 14.4 Å². The predicted molar refractivity (Wildman–Crippen MR) is 43.5 cm³/mol. The van der Waals surface area contributed by atoms with Crippen LogP contribution < -0.4 is 0 Å². The summed E-state index contributed by atoms with van der Waals surface area (Å²) < 4.78 is 11.0. The number of rotatable bonds is 2. The van der Waals surface area contributed by atoms with Gasteiger partial charge in [0.05, 0.1) is 12.7 Å². The van der Waals surface area contributed by atoms with Gasteiger partial charge in [-0.15, -0.1) is 0 Å². The quantitative estimate of drug-likeness (QED) is 0.592. The summed E-state index contributed by atoms with van der Waals surface area (Å²) in [6.45, 7) is 5.54. The minimum Gasteiger partial charge on any atom is -0.348 e. The van der Waals surface area contributed by atoms with Crippen LogP contribution in [0.25, 0.3) is 0 Å². The Morgan fingerprint density at radius 2 is 2.09 bits per heavy atom. The fourth-order valence-electron chi connectivity index (χ4n) is 1.26. The molecule has 0 aromatic heterocycles. The van der Waals surface area contributed by atoms with Gasteiger partial charge in [0, 0.05) is 6.54 Å². The van der Waals surface area contributed by atoms with Crippen LogP contribution in [0.3, 0.4) is 0 Å². The summed E-state index contributed by atoms with van der Waals surface area (Å²) in [5.41, 5.74) is 0. The Labute approximate surface area is 68.3 Å². The summed E-state index contributed by atoms with van der Waals surface area (Å²) in [7, 11) is 4.07. The number of hydrogen-bond donors (Lipinski definition) is 0. The minimum atomic E-state index is -0.374. The predicted octanol–water partition coefficient (Wildman–Crippen LogP) is 0.699. The van der Waals surface area contributed by atoms with Crippen LogP contribution in [-0.4, -0.2) is 44.0 Å². The zero-order chi connectivity index (χ0) is 8.48. The molecule has 3 nitrogen and oxygen atoms in total. The molecule has 0 spiro atoms. The Morgan fingerprint density at radius 1 is 1.45 bits per heavy atom. The topological polar surface area (TPSA) is 21.7 Å². The second-order valence-electron chi connectivity index (χ2n) is 3.71. The van der Waals surface area contributed by atoms with E-state index in [4.69, 9.17) is 9.47 Å². The maximum absolute atomic E-state index is 5.60. The molecular formula is C8H17NO2. The van der Waals surface area contributed by atoms with E-state index >= 15 is 0 Å². The third-order valence-electron chi connectivity index (χ3n) is 1.64. The lowest BCUT2D eigenvalue weighted by Crippen LogP contribution is -2.29. The zero-order valence-corrected chi connectivity index (χ0v) is 7.76. The molecule has 1 rings (SSSR count). The van der Waals surface area contributed by atoms with Crippen LogP contribution in [0.4, 0.5) is 0 Å². The van der Waals surface area contributed by atoms with E-state index in [1.165, 1.54) is 0 Å². The molecule has 1 aliphatic heterocycles. The van der Waals surface area contributed by atoms with E-state index in [0.717, 1.165) is 6.54 Å². The molecule has 11 heavy (non-hydrogen) atoms. The lowest BCUT2D eigenvalue weighted by atomic mass is 10.3. The van der Waals surface area contributed by atoms with Crippen LogP contribution in [0.1, 0.15) is 13.8 Å². The van der Waals surface area contributed by atoms with Gasteiger partial charge >= 0.3 is 0 Å². The van der Waals surface area contributed by atoms with Crippen LogP contribution in [0, 0.1) is 0 Å². The van der Waals surface area contributed by atoms with E-state index in [1.807, 2.05) is 27.9 Å². The molecular weight excluding hydrogens is 142 g/mol. The molecule has 0 amide bonds. The summed E-state index contributed by atoms with van der Waals surface area (Å²) in [6, 6.07) is 0. The van der Waals surface area contributed by atoms with Crippen molar-refractivity contribution in [2.75, 3.05) is 27.2 Å². The van der Waals surface area contributed by atoms with Crippen molar-refractivity contribution in [3.63, 3.8) is 0 Å². The highest BCUT2D eigenvalue weighted by atomic mass is 16.7. The van der Waals surface area contributed by atoms with Gasteiger partial charge in [0.1, 0.15) is 0 Å². The molecule has 0 aromatic rings. The summed E-state index contributed by atoms with van der Waals surface area (Å²) in [5.74, 6) is -0.374. The fourth-order valence-corrected chi connectivity index (χ4v) is 1.26. The number of hydrogen-bond acceptors (Lipinski definition) is 3. The standard InChI is InChI=1S/C8H17NO2/c1-8(2)10-6-7(11-8)5-9(3)4/h7H,5-6H2,1-4H3/t7-/m0/s1. The van der Waals surface area contributed by atoms with Crippen LogP contribution in [0.15, 0.2) is 0 Å². The lowest BCUT2D eigenvalue weighted by Gasteiger charge is -2.18. The van der Waals surface area contributed by atoms with E-state index < -0.39 is 0 Å². The second kappa shape index (κ2) is 3.09. The number of nitrogens with zero attached hydrogens (tertiary/aromatic N) is 1. The van der Waals surface area contributed by atoms with Crippen LogP contribution >= 0.6 is 0 Å². The molecule has 3 heteroatoms. The molecule has 0 aromatic carbocycles. The molecule has 0 N–H and O–H groups in total. The molecule has 1 atom stereocenters. The molecule has 1 aliphatic rings. The summed E-state index contributed by atoms with van der Waals surface area (Å²) in [5, 5.41) is 0. The van der Waals surface area contributed by atoms with E-state index in [1.54, 1.807) is 0 Å². The highest BCUT2D eigenvalue weighted by molar-refractivity contribution is 4.72. The van der Waals surface area contributed by atoms with Gasteiger partial charge in [0.15, 0.2) is 5.79 Å². The third kappa shape index (κ3) is 2.77. The zero-order valence-electron chi connectivity index (χ0n) is 7.76. The van der Waals surface area contributed by atoms with Gasteiger partial charge in [0.25, 0.3) is 0 Å². The van der Waals surface area contributed by atoms with Gasteiger partial charge in [0.2, 0.25) is 0 Å². The summed E-state index contributed by atoms with van der Waals surface area (Å²) >= 11 is 0. The maximum atomic E-state index is 5.60. The smallest absolute Gasteiger partial charge is 0.163 e. The van der Waals surface area contributed by atoms with Crippen molar-refractivity contribution in [3.8, 4) is 0 Å². The van der Waals surface area contributed by atoms with E-state index in [9.17, 15) is 0 Å². The van der Waals surface area contributed by atoms with Gasteiger partial charge in [-0.1, -0.05) is 0 Å². The first-order valence-electron chi connectivity index (χ1n) is 3.96. The average molecular weight is 159 g/mol. The Kier molecular flexibility index (Phi) is 2.52. The summed E-state index contributed by atoms with van der Waals surface area (Å²) in [6.07, 6.45) is 0.236. The molecule has 0 bridgehead atoms. The number of ether oxygens (including phenoxy) is 2. The molecule has 1 heterocycles. The molecule has 0 unspecified atom stereocenters. The van der Waals surface area contributed by atoms with Crippen LogP contribution in [-0.2, 0) is 9.47 Å². The van der Waals surface area contributed by atoms with E-state index in [2.05, 4.69) is 4.90 Å². The van der Waals surface area contributed by atoms with E-state index in [-0.39, 0.29) is 11.9 Å². The SMILES string of the molecule is CN(C)C[C@H]1COC(C)(C)O1. The van der Waals surface area contributed by atoms with E-state index in [0.29, 0.717) is 6.61 Å². The first-order chi connectivity index (χ1) is 4.99. The van der Waals surface area contributed by atoms with Gasteiger partial charge in [-0.3, -0.25) is 0 Å². The monoisotopic (exact) mass is 159 g/mol. The minimum absolute atomic E-state index is 0.236. The number of likely N-dealkylation sites (N-methyl/N-ethyl adjacent to an activating group) is 1. The van der Waals surface area contributed by atoms with Crippen molar-refractivity contribution in [2.24, 2.45) is 0 Å². The third-order valence-corrected chi connectivity index (χ3v) is 1.64. The Balaban J connectivity index is 2.31. The first kappa shape index (κ1) is 8.97. The van der Waals surface area contributed by atoms with Gasteiger partial charge in [-0.2, -0.15) is 0 Å². The lowest BCUT2D eigenvalue weighted by molar-refractivity contribution is -0.139.